The minimum Gasteiger partial charge on any atom is -0.351 e. The van der Waals surface area contributed by atoms with Crippen molar-refractivity contribution in [3.8, 4) is 0 Å². The molecule has 1 aliphatic heterocycles. The first-order valence-corrected chi connectivity index (χ1v) is 7.21. The maximum Gasteiger partial charge on any atom is 0.195 e. The maximum atomic E-state index is 6.35. The van der Waals surface area contributed by atoms with Crippen LogP contribution >= 0.6 is 0 Å². The molecule has 0 bridgehead atoms. The van der Waals surface area contributed by atoms with E-state index in [2.05, 4.69) is 0 Å². The Morgan fingerprint density at radius 3 is 1.61 bits per heavy atom. The van der Waals surface area contributed by atoms with Crippen LogP contribution in [0.2, 0.25) is 0 Å². The minimum atomic E-state index is -0.526. The van der Waals surface area contributed by atoms with Gasteiger partial charge in [-0.2, -0.15) is 0 Å². The second kappa shape index (κ2) is 4.75. The molecule has 2 aliphatic carbocycles. The van der Waals surface area contributed by atoms with Crippen molar-refractivity contribution in [2.24, 2.45) is 0 Å². The molecule has 0 spiro atoms. The fourth-order valence-corrected chi connectivity index (χ4v) is 3.78. The molecule has 1 saturated heterocycles. The fourth-order valence-electron chi connectivity index (χ4n) is 3.78. The van der Waals surface area contributed by atoms with Gasteiger partial charge in [-0.1, -0.05) is 12.8 Å². The highest BCUT2D eigenvalue weighted by molar-refractivity contribution is 4.97. The van der Waals surface area contributed by atoms with E-state index < -0.39 is 11.6 Å². The van der Waals surface area contributed by atoms with Crippen LogP contribution in [-0.4, -0.2) is 38.0 Å². The van der Waals surface area contributed by atoms with Crippen molar-refractivity contribution in [2.75, 3.05) is 14.2 Å². The molecule has 3 aliphatic rings. The minimum absolute atomic E-state index is 0.0190. The van der Waals surface area contributed by atoms with Crippen LogP contribution in [0.3, 0.4) is 0 Å². The normalized spacial score (nSPS) is 48.3. The molecule has 104 valence electrons. The molecule has 0 radical (unpaired) electrons. The molecular formula is C14H24O4. The van der Waals surface area contributed by atoms with E-state index in [-0.39, 0.29) is 12.2 Å². The Bertz CT molecular complexity index is 278. The van der Waals surface area contributed by atoms with Gasteiger partial charge in [0, 0.05) is 27.1 Å². The van der Waals surface area contributed by atoms with E-state index in [0.717, 1.165) is 38.5 Å². The lowest BCUT2D eigenvalue weighted by Crippen LogP contribution is -2.66. The Morgan fingerprint density at radius 1 is 0.778 bits per heavy atom. The third-order valence-electron chi connectivity index (χ3n) is 4.84. The Hall–Kier alpha value is -0.160. The highest BCUT2D eigenvalue weighted by Gasteiger charge is 2.58. The summed E-state index contributed by atoms with van der Waals surface area (Å²) in [5.74, 6) is -1.05. The molecule has 0 amide bonds. The number of ether oxygens (including phenoxy) is 4. The van der Waals surface area contributed by atoms with E-state index in [4.69, 9.17) is 18.9 Å². The predicted octanol–water partition coefficient (Wildman–Crippen LogP) is 2.60. The van der Waals surface area contributed by atoms with Crippen LogP contribution in [0.15, 0.2) is 0 Å². The summed E-state index contributed by atoms with van der Waals surface area (Å²) in [4.78, 5) is 0. The Morgan fingerprint density at radius 2 is 1.22 bits per heavy atom. The molecule has 4 atom stereocenters. The van der Waals surface area contributed by atoms with Crippen molar-refractivity contribution in [2.45, 2.75) is 75.1 Å². The molecule has 0 aromatic carbocycles. The molecule has 4 unspecified atom stereocenters. The van der Waals surface area contributed by atoms with Crippen LogP contribution in [0.5, 0.6) is 0 Å². The van der Waals surface area contributed by atoms with Gasteiger partial charge in [-0.25, -0.2) is 0 Å². The van der Waals surface area contributed by atoms with Crippen LogP contribution in [0, 0.1) is 0 Å². The highest BCUT2D eigenvalue weighted by Crippen LogP contribution is 2.48. The van der Waals surface area contributed by atoms with Crippen molar-refractivity contribution < 1.29 is 18.9 Å². The summed E-state index contributed by atoms with van der Waals surface area (Å²) in [6.07, 6.45) is 8.59. The highest BCUT2D eigenvalue weighted by atomic mass is 16.8. The first kappa shape index (κ1) is 12.9. The Kier molecular flexibility index (Phi) is 3.39. The molecule has 0 N–H and O–H groups in total. The quantitative estimate of drug-likeness (QED) is 0.761. The number of methoxy groups -OCH3 is 2. The van der Waals surface area contributed by atoms with Crippen LogP contribution in [-0.2, 0) is 18.9 Å². The molecule has 3 rings (SSSR count). The van der Waals surface area contributed by atoms with E-state index in [0.29, 0.717) is 0 Å². The Labute approximate surface area is 109 Å². The largest absolute Gasteiger partial charge is 0.351 e. The van der Waals surface area contributed by atoms with Crippen molar-refractivity contribution >= 4 is 0 Å². The third kappa shape index (κ3) is 1.82. The standard InChI is InChI=1S/C14H24O4/c1-15-13-9-5-3-7-11(13)18-14(16-2)10-6-4-8-12(14)17-13/h11-12H,3-10H2,1-2H3. The lowest BCUT2D eigenvalue weighted by molar-refractivity contribution is -0.445. The van der Waals surface area contributed by atoms with Crippen molar-refractivity contribution in [1.29, 1.82) is 0 Å². The predicted molar refractivity (Wildman–Crippen MR) is 66.2 cm³/mol. The molecule has 18 heavy (non-hydrogen) atoms. The average Bonchev–Trinajstić information content (AvgIpc) is 2.44. The van der Waals surface area contributed by atoms with Gasteiger partial charge >= 0.3 is 0 Å². The van der Waals surface area contributed by atoms with Gasteiger partial charge in [0.2, 0.25) is 0 Å². The van der Waals surface area contributed by atoms with Crippen molar-refractivity contribution in [3.05, 3.63) is 0 Å². The molecule has 0 aromatic rings. The van der Waals surface area contributed by atoms with Crippen molar-refractivity contribution in [1.82, 2.24) is 0 Å². The monoisotopic (exact) mass is 256 g/mol. The summed E-state index contributed by atoms with van der Waals surface area (Å²) >= 11 is 0. The fraction of sp³-hybridized carbons (Fsp3) is 1.00. The summed E-state index contributed by atoms with van der Waals surface area (Å²) in [6, 6.07) is 0. The first-order valence-electron chi connectivity index (χ1n) is 7.21. The second-order valence-electron chi connectivity index (χ2n) is 5.74. The summed E-state index contributed by atoms with van der Waals surface area (Å²) in [7, 11) is 3.48. The van der Waals surface area contributed by atoms with Gasteiger partial charge in [-0.3, -0.25) is 0 Å². The van der Waals surface area contributed by atoms with E-state index >= 15 is 0 Å². The van der Waals surface area contributed by atoms with E-state index in [1.54, 1.807) is 14.2 Å². The van der Waals surface area contributed by atoms with E-state index in [9.17, 15) is 0 Å². The van der Waals surface area contributed by atoms with Gasteiger partial charge in [0.1, 0.15) is 12.2 Å². The van der Waals surface area contributed by atoms with Gasteiger partial charge < -0.3 is 18.9 Å². The van der Waals surface area contributed by atoms with Gasteiger partial charge in [-0.05, 0) is 25.7 Å². The SMILES string of the molecule is COC12CCCCC1OC1(OC)CCCCC1O2. The molecular weight excluding hydrogens is 232 g/mol. The number of hydrogen-bond donors (Lipinski definition) is 0. The summed E-state index contributed by atoms with van der Waals surface area (Å²) in [5, 5.41) is 0. The van der Waals surface area contributed by atoms with Gasteiger partial charge in [0.05, 0.1) is 0 Å². The molecule has 4 nitrogen and oxygen atoms in total. The topological polar surface area (TPSA) is 36.9 Å². The zero-order valence-electron chi connectivity index (χ0n) is 11.4. The Balaban J connectivity index is 1.87. The molecule has 2 saturated carbocycles. The average molecular weight is 256 g/mol. The third-order valence-corrected chi connectivity index (χ3v) is 4.84. The molecule has 0 aromatic heterocycles. The van der Waals surface area contributed by atoms with Gasteiger partial charge in [-0.15, -0.1) is 0 Å². The number of fused-ring (bicyclic) bond motifs is 2. The summed E-state index contributed by atoms with van der Waals surface area (Å²) in [6.45, 7) is 0. The van der Waals surface area contributed by atoms with E-state index in [1.807, 2.05) is 0 Å². The lowest BCUT2D eigenvalue weighted by Gasteiger charge is -2.56. The smallest absolute Gasteiger partial charge is 0.195 e. The van der Waals surface area contributed by atoms with Gasteiger partial charge in [0.25, 0.3) is 0 Å². The zero-order chi connectivity index (χ0) is 12.6. The van der Waals surface area contributed by atoms with Crippen LogP contribution < -0.4 is 0 Å². The van der Waals surface area contributed by atoms with Crippen LogP contribution in [0.25, 0.3) is 0 Å². The first-order chi connectivity index (χ1) is 8.75. The maximum absolute atomic E-state index is 6.35. The lowest BCUT2D eigenvalue weighted by atomic mass is 9.84. The second-order valence-corrected chi connectivity index (χ2v) is 5.74. The van der Waals surface area contributed by atoms with Gasteiger partial charge in [0.15, 0.2) is 11.6 Å². The molecule has 3 fully saturated rings. The van der Waals surface area contributed by atoms with Crippen LogP contribution in [0.1, 0.15) is 51.4 Å². The van der Waals surface area contributed by atoms with Crippen molar-refractivity contribution in [3.63, 3.8) is 0 Å². The van der Waals surface area contributed by atoms with E-state index in [1.165, 1.54) is 12.8 Å². The van der Waals surface area contributed by atoms with Crippen LogP contribution in [0.4, 0.5) is 0 Å². The summed E-state index contributed by atoms with van der Waals surface area (Å²) < 4.78 is 24.1. The summed E-state index contributed by atoms with van der Waals surface area (Å²) in [5.41, 5.74) is 0. The number of hydrogen-bond acceptors (Lipinski definition) is 4. The molecule has 4 heteroatoms. The number of rotatable bonds is 2. The molecule has 1 heterocycles. The zero-order valence-corrected chi connectivity index (χ0v) is 11.4.